The highest BCUT2D eigenvalue weighted by Crippen LogP contribution is 2.44. The summed E-state index contributed by atoms with van der Waals surface area (Å²) in [4.78, 5) is 15.0. The minimum Gasteiger partial charge on any atom is -0.490 e. The van der Waals surface area contributed by atoms with Crippen molar-refractivity contribution in [2.45, 2.75) is 38.6 Å². The van der Waals surface area contributed by atoms with E-state index in [0.29, 0.717) is 25.6 Å². The topological polar surface area (TPSA) is 98.0 Å². The van der Waals surface area contributed by atoms with Crippen molar-refractivity contribution in [3.63, 3.8) is 0 Å². The summed E-state index contributed by atoms with van der Waals surface area (Å²) in [7, 11) is 1.67. The fraction of sp³-hybridized carbons (Fsp3) is 0.500. The molecule has 1 aromatic carbocycles. The van der Waals surface area contributed by atoms with Crippen molar-refractivity contribution in [3.05, 3.63) is 35.7 Å². The summed E-state index contributed by atoms with van der Waals surface area (Å²) in [6, 6.07) is 6.33. The lowest BCUT2D eigenvalue weighted by Gasteiger charge is -2.30. The fourth-order valence-electron chi connectivity index (χ4n) is 3.20. The first-order chi connectivity index (χ1) is 12.9. The molecule has 0 aromatic heterocycles. The van der Waals surface area contributed by atoms with Crippen LogP contribution in [-0.2, 0) is 14.9 Å². The normalized spacial score (nSPS) is 21.6. The third-order valence-electron chi connectivity index (χ3n) is 4.96. The minimum absolute atomic E-state index is 0.00644. The van der Waals surface area contributed by atoms with Gasteiger partial charge in [-0.2, -0.15) is 0 Å². The van der Waals surface area contributed by atoms with Crippen molar-refractivity contribution in [3.8, 4) is 5.75 Å². The molecular weight excluding hydrogens is 344 g/mol. The maximum absolute atomic E-state index is 11.2. The number of nitrogens with zero attached hydrogens (tertiary/aromatic N) is 1. The first-order valence-electron chi connectivity index (χ1n) is 9.16. The van der Waals surface area contributed by atoms with Crippen molar-refractivity contribution in [1.82, 2.24) is 5.32 Å². The van der Waals surface area contributed by atoms with Gasteiger partial charge in [0.05, 0.1) is 0 Å². The molecule has 0 radical (unpaired) electrons. The Hall–Kier alpha value is -2.70. The molecule has 27 heavy (non-hydrogen) atoms. The lowest BCUT2D eigenvalue weighted by atomic mass is 9.76. The Labute approximate surface area is 161 Å². The summed E-state index contributed by atoms with van der Waals surface area (Å²) in [5.41, 5.74) is 7.92. The Morgan fingerprint density at radius 2 is 2.22 bits per heavy atom. The van der Waals surface area contributed by atoms with Crippen LogP contribution in [0.3, 0.4) is 0 Å². The summed E-state index contributed by atoms with van der Waals surface area (Å²) in [6.45, 7) is 7.30. The highest BCUT2D eigenvalue weighted by atomic mass is 16.5. The van der Waals surface area contributed by atoms with E-state index in [-0.39, 0.29) is 17.4 Å². The van der Waals surface area contributed by atoms with Crippen LogP contribution in [0.15, 0.2) is 35.2 Å². The lowest BCUT2D eigenvalue weighted by molar-refractivity contribution is -0.119. The van der Waals surface area contributed by atoms with E-state index < -0.39 is 0 Å². The number of rotatable bonds is 9. The number of allylic oxidation sites excluding steroid dienone is 1. The van der Waals surface area contributed by atoms with Crippen LogP contribution >= 0.6 is 0 Å². The number of nitrogens with one attached hydrogen (secondary N) is 2. The van der Waals surface area contributed by atoms with Crippen molar-refractivity contribution in [2.24, 2.45) is 10.7 Å². The second-order valence-electron chi connectivity index (χ2n) is 6.90. The number of ether oxygens (including phenoxy) is 2. The monoisotopic (exact) mass is 374 g/mol. The van der Waals surface area contributed by atoms with Gasteiger partial charge in [0.2, 0.25) is 5.91 Å². The Morgan fingerprint density at radius 3 is 2.93 bits per heavy atom. The standard InChI is InChI=1S/C20H30N4O3/c1-14-20(3,8-10-23-15(2)25)17-13-16(5-6-18(17)24-14)26-11-12-27-19(21)7-9-22-4/h5-7,9,13-14,24H,8,10-12,21H2,1-4H3,(H,23,25). The SMILES string of the molecule is CN=CC=C(N)OCCOc1ccc2c(c1)C(C)(CCNC(C)=O)C(C)N2. The minimum atomic E-state index is -0.0830. The summed E-state index contributed by atoms with van der Waals surface area (Å²) in [5.74, 6) is 1.09. The predicted molar refractivity (Wildman–Crippen MR) is 108 cm³/mol. The highest BCUT2D eigenvalue weighted by Gasteiger charge is 2.40. The molecule has 1 amide bonds. The van der Waals surface area contributed by atoms with Crippen LogP contribution in [0.4, 0.5) is 5.69 Å². The molecule has 7 heteroatoms. The van der Waals surface area contributed by atoms with Gasteiger partial charge in [0.1, 0.15) is 19.0 Å². The molecule has 4 N–H and O–H groups in total. The van der Waals surface area contributed by atoms with Crippen LogP contribution in [0.5, 0.6) is 5.75 Å². The molecular formula is C20H30N4O3. The molecule has 0 saturated carbocycles. The summed E-state index contributed by atoms with van der Waals surface area (Å²) in [6.07, 6.45) is 4.02. The third-order valence-corrected chi connectivity index (χ3v) is 4.96. The number of hydrogen-bond acceptors (Lipinski definition) is 6. The quantitative estimate of drug-likeness (QED) is 0.350. The van der Waals surface area contributed by atoms with Crippen LogP contribution < -0.4 is 21.1 Å². The number of hydrogen-bond donors (Lipinski definition) is 3. The molecule has 148 valence electrons. The van der Waals surface area contributed by atoms with Crippen LogP contribution in [0.2, 0.25) is 0 Å². The first-order valence-corrected chi connectivity index (χ1v) is 9.16. The van der Waals surface area contributed by atoms with E-state index in [1.54, 1.807) is 19.3 Å². The number of carbonyl (C=O) groups is 1. The Kier molecular flexibility index (Phi) is 7.10. The second-order valence-corrected chi connectivity index (χ2v) is 6.90. The smallest absolute Gasteiger partial charge is 0.216 e. The average molecular weight is 374 g/mol. The van der Waals surface area contributed by atoms with Crippen molar-refractivity contribution in [2.75, 3.05) is 32.1 Å². The van der Waals surface area contributed by atoms with Crippen molar-refractivity contribution >= 4 is 17.8 Å². The largest absolute Gasteiger partial charge is 0.490 e. The van der Waals surface area contributed by atoms with Crippen molar-refractivity contribution in [1.29, 1.82) is 0 Å². The van der Waals surface area contributed by atoms with Crippen LogP contribution in [0, 0.1) is 0 Å². The van der Waals surface area contributed by atoms with Gasteiger partial charge < -0.3 is 25.8 Å². The Morgan fingerprint density at radius 1 is 1.44 bits per heavy atom. The maximum atomic E-state index is 11.2. The second kappa shape index (κ2) is 9.30. The Balaban J connectivity index is 1.97. The van der Waals surface area contributed by atoms with Crippen LogP contribution in [0.25, 0.3) is 0 Å². The van der Waals surface area contributed by atoms with Gasteiger partial charge >= 0.3 is 0 Å². The molecule has 7 nitrogen and oxygen atoms in total. The number of aliphatic imine (C=N–C) groups is 1. The average Bonchev–Trinajstić information content (AvgIpc) is 2.87. The van der Waals surface area contributed by atoms with Gasteiger partial charge in [-0.25, -0.2) is 0 Å². The number of carbonyl (C=O) groups excluding carboxylic acids is 1. The molecule has 1 aromatic rings. The Bertz CT molecular complexity index is 717. The number of fused-ring (bicyclic) bond motifs is 1. The zero-order chi connectivity index (χ0) is 19.9. The maximum Gasteiger partial charge on any atom is 0.216 e. The molecule has 0 spiro atoms. The van der Waals surface area contributed by atoms with E-state index in [1.165, 1.54) is 12.5 Å². The summed E-state index contributed by atoms with van der Waals surface area (Å²) >= 11 is 0. The van der Waals surface area contributed by atoms with Crippen LogP contribution in [0.1, 0.15) is 32.8 Å². The molecule has 0 fully saturated rings. The van der Waals surface area contributed by atoms with Gasteiger partial charge in [-0.3, -0.25) is 9.79 Å². The van der Waals surface area contributed by atoms with E-state index >= 15 is 0 Å². The highest BCUT2D eigenvalue weighted by molar-refractivity contribution is 5.73. The van der Waals surface area contributed by atoms with Gasteiger partial charge in [-0.05, 0) is 37.1 Å². The van der Waals surface area contributed by atoms with E-state index in [2.05, 4.69) is 35.5 Å². The molecule has 1 aliphatic rings. The van der Waals surface area contributed by atoms with E-state index in [9.17, 15) is 4.79 Å². The van der Waals surface area contributed by atoms with Gasteiger partial charge in [0.15, 0.2) is 5.88 Å². The van der Waals surface area contributed by atoms with Gasteiger partial charge in [-0.1, -0.05) is 6.92 Å². The molecule has 1 aliphatic heterocycles. The lowest BCUT2D eigenvalue weighted by Crippen LogP contribution is -2.37. The molecule has 2 unspecified atom stereocenters. The molecule has 0 aliphatic carbocycles. The third kappa shape index (κ3) is 5.39. The number of nitrogens with two attached hydrogens (primary N) is 1. The van der Waals surface area contributed by atoms with E-state index in [0.717, 1.165) is 17.9 Å². The molecule has 2 atom stereocenters. The van der Waals surface area contributed by atoms with Crippen LogP contribution in [-0.4, -0.2) is 45.0 Å². The molecule has 0 bridgehead atoms. The zero-order valence-corrected chi connectivity index (χ0v) is 16.5. The molecule has 0 saturated heterocycles. The zero-order valence-electron chi connectivity index (χ0n) is 16.5. The van der Waals surface area contributed by atoms with Gasteiger partial charge in [0, 0.05) is 50.0 Å². The predicted octanol–water partition coefficient (Wildman–Crippen LogP) is 2.18. The number of anilines is 1. The summed E-state index contributed by atoms with van der Waals surface area (Å²) in [5, 5.41) is 6.42. The van der Waals surface area contributed by atoms with Gasteiger partial charge in [0.25, 0.3) is 0 Å². The van der Waals surface area contributed by atoms with Gasteiger partial charge in [-0.15, -0.1) is 0 Å². The molecule has 1 heterocycles. The van der Waals surface area contributed by atoms with E-state index in [4.69, 9.17) is 15.2 Å². The molecule has 2 rings (SSSR count). The summed E-state index contributed by atoms with van der Waals surface area (Å²) < 4.78 is 11.2. The van der Waals surface area contributed by atoms with Crippen molar-refractivity contribution < 1.29 is 14.3 Å². The number of benzene rings is 1. The number of amides is 1. The van der Waals surface area contributed by atoms with E-state index in [1.807, 2.05) is 12.1 Å². The first kappa shape index (κ1) is 20.6. The fourth-order valence-corrected chi connectivity index (χ4v) is 3.20.